The maximum atomic E-state index is 5.97. The van der Waals surface area contributed by atoms with Crippen LogP contribution < -0.4 is 10.1 Å². The van der Waals surface area contributed by atoms with Crippen LogP contribution in [0.1, 0.15) is 17.5 Å². The Morgan fingerprint density at radius 2 is 1.91 bits per heavy atom. The van der Waals surface area contributed by atoms with E-state index in [2.05, 4.69) is 39.4 Å². The van der Waals surface area contributed by atoms with E-state index in [-0.39, 0.29) is 0 Å². The zero-order chi connectivity index (χ0) is 15.6. The van der Waals surface area contributed by atoms with Crippen LogP contribution in [0.25, 0.3) is 0 Å². The number of rotatable bonds is 9. The molecule has 0 bridgehead atoms. The van der Waals surface area contributed by atoms with Gasteiger partial charge in [-0.2, -0.15) is 0 Å². The molecule has 22 heavy (non-hydrogen) atoms. The average molecular weight is 364 g/mol. The Morgan fingerprint density at radius 1 is 1.09 bits per heavy atom. The van der Waals surface area contributed by atoms with E-state index < -0.39 is 0 Å². The van der Waals surface area contributed by atoms with Crippen LogP contribution in [-0.2, 0) is 17.9 Å². The van der Waals surface area contributed by atoms with Crippen LogP contribution in [0.5, 0.6) is 5.75 Å². The van der Waals surface area contributed by atoms with Crippen LogP contribution in [0.4, 0.5) is 0 Å². The van der Waals surface area contributed by atoms with Crippen molar-refractivity contribution in [3.05, 3.63) is 64.1 Å². The molecular weight excluding hydrogens is 342 g/mol. The van der Waals surface area contributed by atoms with Gasteiger partial charge in [-0.05, 0) is 36.7 Å². The smallest absolute Gasteiger partial charge is 0.124 e. The number of hydrogen-bond donors (Lipinski definition) is 1. The molecular formula is C18H22BrNO2. The van der Waals surface area contributed by atoms with E-state index >= 15 is 0 Å². The van der Waals surface area contributed by atoms with Crippen LogP contribution in [0.2, 0.25) is 0 Å². The molecule has 2 aromatic carbocycles. The van der Waals surface area contributed by atoms with Crippen molar-refractivity contribution in [2.45, 2.75) is 19.6 Å². The lowest BCUT2D eigenvalue weighted by atomic mass is 10.2. The second-order valence-corrected chi connectivity index (χ2v) is 5.97. The van der Waals surface area contributed by atoms with Gasteiger partial charge in [0.05, 0.1) is 0 Å². The van der Waals surface area contributed by atoms with Gasteiger partial charge in [0.25, 0.3) is 0 Å². The monoisotopic (exact) mass is 363 g/mol. The predicted molar refractivity (Wildman–Crippen MR) is 93.1 cm³/mol. The minimum atomic E-state index is 0.582. The van der Waals surface area contributed by atoms with Crippen LogP contribution in [0.3, 0.4) is 0 Å². The molecule has 1 N–H and O–H groups in total. The normalized spacial score (nSPS) is 10.6. The van der Waals surface area contributed by atoms with E-state index in [1.165, 1.54) is 5.56 Å². The lowest BCUT2D eigenvalue weighted by Gasteiger charge is -2.13. The predicted octanol–water partition coefficient (Wildman–Crippen LogP) is 4.15. The third-order valence-electron chi connectivity index (χ3n) is 3.28. The number of hydrogen-bond acceptors (Lipinski definition) is 3. The Kier molecular flexibility index (Phi) is 7.43. The lowest BCUT2D eigenvalue weighted by molar-refractivity contribution is 0.194. The number of halogens is 1. The van der Waals surface area contributed by atoms with E-state index in [4.69, 9.17) is 9.47 Å². The summed E-state index contributed by atoms with van der Waals surface area (Å²) in [6, 6.07) is 16.3. The molecule has 2 aromatic rings. The molecule has 0 aliphatic heterocycles. The van der Waals surface area contributed by atoms with Gasteiger partial charge in [-0.15, -0.1) is 0 Å². The molecule has 0 atom stereocenters. The molecule has 0 fully saturated rings. The number of benzene rings is 2. The van der Waals surface area contributed by atoms with Crippen molar-refractivity contribution in [2.75, 3.05) is 20.3 Å². The summed E-state index contributed by atoms with van der Waals surface area (Å²) in [7, 11) is 1.73. The maximum Gasteiger partial charge on any atom is 0.124 e. The minimum absolute atomic E-state index is 0.582. The molecule has 0 spiro atoms. The van der Waals surface area contributed by atoms with Crippen LogP contribution in [0, 0.1) is 0 Å². The van der Waals surface area contributed by atoms with E-state index in [1.54, 1.807) is 7.11 Å². The van der Waals surface area contributed by atoms with Crippen molar-refractivity contribution in [1.82, 2.24) is 5.32 Å². The quantitative estimate of drug-likeness (QED) is 0.678. The Balaban J connectivity index is 1.92. The zero-order valence-corrected chi connectivity index (χ0v) is 14.4. The fraction of sp³-hybridized carbons (Fsp3) is 0.333. The van der Waals surface area contributed by atoms with Gasteiger partial charge >= 0.3 is 0 Å². The summed E-state index contributed by atoms with van der Waals surface area (Å²) in [6.07, 6.45) is 1.00. The molecule has 0 saturated heterocycles. The van der Waals surface area contributed by atoms with E-state index in [0.29, 0.717) is 6.61 Å². The first-order chi connectivity index (χ1) is 10.8. The first-order valence-corrected chi connectivity index (χ1v) is 8.23. The molecule has 4 heteroatoms. The summed E-state index contributed by atoms with van der Waals surface area (Å²) in [5, 5.41) is 3.42. The van der Waals surface area contributed by atoms with Crippen LogP contribution in [-0.4, -0.2) is 20.3 Å². The van der Waals surface area contributed by atoms with Gasteiger partial charge < -0.3 is 14.8 Å². The topological polar surface area (TPSA) is 30.5 Å². The SMILES string of the molecule is COCCCNCc1cc(Br)ccc1OCc1ccccc1. The van der Waals surface area contributed by atoms with E-state index in [9.17, 15) is 0 Å². The van der Waals surface area contributed by atoms with Crippen molar-refractivity contribution >= 4 is 15.9 Å². The highest BCUT2D eigenvalue weighted by atomic mass is 79.9. The summed E-state index contributed by atoms with van der Waals surface area (Å²) in [5.74, 6) is 0.922. The first-order valence-electron chi connectivity index (χ1n) is 7.44. The van der Waals surface area contributed by atoms with Gasteiger partial charge in [0.1, 0.15) is 12.4 Å². The van der Waals surface area contributed by atoms with Gasteiger partial charge in [-0.3, -0.25) is 0 Å². The van der Waals surface area contributed by atoms with E-state index in [1.807, 2.05) is 30.3 Å². The van der Waals surface area contributed by atoms with E-state index in [0.717, 1.165) is 41.9 Å². The van der Waals surface area contributed by atoms with Gasteiger partial charge in [0.15, 0.2) is 0 Å². The largest absolute Gasteiger partial charge is 0.489 e. The number of nitrogens with one attached hydrogen (secondary N) is 1. The Morgan fingerprint density at radius 3 is 2.68 bits per heavy atom. The molecule has 0 saturated carbocycles. The standard InChI is InChI=1S/C18H22BrNO2/c1-21-11-5-10-20-13-16-12-17(19)8-9-18(16)22-14-15-6-3-2-4-7-15/h2-4,6-9,12,20H,5,10-11,13-14H2,1H3. The summed E-state index contributed by atoms with van der Waals surface area (Å²) in [5.41, 5.74) is 2.33. The maximum absolute atomic E-state index is 5.97. The van der Waals surface area contributed by atoms with Crippen molar-refractivity contribution in [2.24, 2.45) is 0 Å². The fourth-order valence-electron chi connectivity index (χ4n) is 2.13. The molecule has 0 radical (unpaired) electrons. The number of ether oxygens (including phenoxy) is 2. The average Bonchev–Trinajstić information content (AvgIpc) is 2.55. The lowest BCUT2D eigenvalue weighted by Crippen LogP contribution is -2.16. The van der Waals surface area contributed by atoms with Crippen molar-refractivity contribution < 1.29 is 9.47 Å². The van der Waals surface area contributed by atoms with Crippen molar-refractivity contribution in [3.63, 3.8) is 0 Å². The van der Waals surface area contributed by atoms with Gasteiger partial charge in [0, 0.05) is 30.3 Å². The third-order valence-corrected chi connectivity index (χ3v) is 3.77. The third kappa shape index (κ3) is 5.79. The molecule has 3 nitrogen and oxygen atoms in total. The molecule has 0 unspecified atom stereocenters. The second kappa shape index (κ2) is 9.62. The number of methoxy groups -OCH3 is 1. The molecule has 0 amide bonds. The summed E-state index contributed by atoms with van der Waals surface area (Å²) >= 11 is 3.52. The highest BCUT2D eigenvalue weighted by Gasteiger charge is 2.05. The molecule has 2 rings (SSSR count). The van der Waals surface area contributed by atoms with Crippen LogP contribution in [0.15, 0.2) is 53.0 Å². The zero-order valence-electron chi connectivity index (χ0n) is 12.8. The molecule has 0 aromatic heterocycles. The van der Waals surface area contributed by atoms with Crippen molar-refractivity contribution in [1.29, 1.82) is 0 Å². The van der Waals surface area contributed by atoms with Gasteiger partial charge in [-0.25, -0.2) is 0 Å². The van der Waals surface area contributed by atoms with Crippen LogP contribution >= 0.6 is 15.9 Å². The highest BCUT2D eigenvalue weighted by Crippen LogP contribution is 2.24. The molecule has 118 valence electrons. The fourth-order valence-corrected chi connectivity index (χ4v) is 2.54. The molecule has 0 aliphatic carbocycles. The Labute approximate surface area is 140 Å². The highest BCUT2D eigenvalue weighted by molar-refractivity contribution is 9.10. The van der Waals surface area contributed by atoms with Gasteiger partial charge in [-0.1, -0.05) is 46.3 Å². The summed E-state index contributed by atoms with van der Waals surface area (Å²) in [6.45, 7) is 3.08. The second-order valence-electron chi connectivity index (χ2n) is 5.05. The molecule has 0 heterocycles. The van der Waals surface area contributed by atoms with Crippen molar-refractivity contribution in [3.8, 4) is 5.75 Å². The summed E-state index contributed by atoms with van der Waals surface area (Å²) < 4.78 is 12.1. The minimum Gasteiger partial charge on any atom is -0.489 e. The van der Waals surface area contributed by atoms with Gasteiger partial charge in [0.2, 0.25) is 0 Å². The Hall–Kier alpha value is -1.36. The first kappa shape index (κ1) is 17.0. The molecule has 0 aliphatic rings. The Bertz CT molecular complexity index is 560. The summed E-state index contributed by atoms with van der Waals surface area (Å²) in [4.78, 5) is 0.